The van der Waals surface area contributed by atoms with E-state index in [9.17, 15) is 4.79 Å². The standard InChI is InChI=1S/C9H11N5O/c1-7(14-6-2-3-12-14)8(15)13-9-10-4-5-11-9/h2-7H,1H3,(H2,10,11,13,15). The third kappa shape index (κ3) is 2.04. The number of nitrogens with one attached hydrogen (secondary N) is 2. The molecule has 0 aliphatic rings. The fraction of sp³-hybridized carbons (Fsp3) is 0.222. The molecule has 0 radical (unpaired) electrons. The number of hydrogen-bond donors (Lipinski definition) is 2. The molecular weight excluding hydrogens is 194 g/mol. The first kappa shape index (κ1) is 9.45. The number of hydrogen-bond acceptors (Lipinski definition) is 3. The maximum absolute atomic E-state index is 11.7. The molecule has 0 aliphatic carbocycles. The minimum absolute atomic E-state index is 0.159. The number of aromatic amines is 1. The van der Waals surface area contributed by atoms with E-state index in [4.69, 9.17) is 0 Å². The van der Waals surface area contributed by atoms with Crippen molar-refractivity contribution in [2.45, 2.75) is 13.0 Å². The first-order valence-electron chi connectivity index (χ1n) is 4.57. The Bertz CT molecular complexity index is 419. The summed E-state index contributed by atoms with van der Waals surface area (Å²) in [5.41, 5.74) is 0. The lowest BCUT2D eigenvalue weighted by Gasteiger charge is -2.10. The summed E-state index contributed by atoms with van der Waals surface area (Å²) in [6, 6.07) is 1.42. The first-order chi connectivity index (χ1) is 7.27. The average Bonchev–Trinajstić information content (AvgIpc) is 2.88. The summed E-state index contributed by atoms with van der Waals surface area (Å²) < 4.78 is 1.58. The predicted octanol–water partition coefficient (Wildman–Crippen LogP) is 0.806. The van der Waals surface area contributed by atoms with E-state index in [0.29, 0.717) is 5.95 Å². The van der Waals surface area contributed by atoms with Crippen molar-refractivity contribution in [2.24, 2.45) is 0 Å². The highest BCUT2D eigenvalue weighted by molar-refractivity contribution is 5.91. The van der Waals surface area contributed by atoms with Gasteiger partial charge in [-0.25, -0.2) is 4.98 Å². The van der Waals surface area contributed by atoms with Crippen molar-refractivity contribution in [3.05, 3.63) is 30.9 Å². The molecule has 1 amide bonds. The minimum atomic E-state index is -0.356. The summed E-state index contributed by atoms with van der Waals surface area (Å²) in [7, 11) is 0. The van der Waals surface area contributed by atoms with Crippen molar-refractivity contribution in [1.29, 1.82) is 0 Å². The van der Waals surface area contributed by atoms with E-state index in [0.717, 1.165) is 0 Å². The smallest absolute Gasteiger partial charge is 0.251 e. The Kier molecular flexibility index (Phi) is 2.49. The molecule has 2 aromatic rings. The largest absolute Gasteiger partial charge is 0.331 e. The van der Waals surface area contributed by atoms with E-state index in [1.165, 1.54) is 0 Å². The molecule has 2 rings (SSSR count). The van der Waals surface area contributed by atoms with Crippen LogP contribution < -0.4 is 5.32 Å². The highest BCUT2D eigenvalue weighted by Gasteiger charge is 2.15. The fourth-order valence-electron chi connectivity index (χ4n) is 1.18. The van der Waals surface area contributed by atoms with Gasteiger partial charge in [0, 0.05) is 24.8 Å². The number of nitrogens with zero attached hydrogens (tertiary/aromatic N) is 3. The summed E-state index contributed by atoms with van der Waals surface area (Å²) in [5.74, 6) is 0.285. The van der Waals surface area contributed by atoms with Crippen molar-refractivity contribution in [1.82, 2.24) is 19.7 Å². The second-order valence-electron chi connectivity index (χ2n) is 3.09. The Balaban J connectivity index is 2.03. The van der Waals surface area contributed by atoms with Crippen LogP contribution in [0.3, 0.4) is 0 Å². The van der Waals surface area contributed by atoms with Gasteiger partial charge in [0.1, 0.15) is 6.04 Å². The van der Waals surface area contributed by atoms with Crippen LogP contribution in [0.25, 0.3) is 0 Å². The minimum Gasteiger partial charge on any atom is -0.331 e. The summed E-state index contributed by atoms with van der Waals surface area (Å²) >= 11 is 0. The lowest BCUT2D eigenvalue weighted by Crippen LogP contribution is -2.24. The topological polar surface area (TPSA) is 75.6 Å². The van der Waals surface area contributed by atoms with Gasteiger partial charge in [0.15, 0.2) is 0 Å². The van der Waals surface area contributed by atoms with E-state index in [1.54, 1.807) is 42.5 Å². The SMILES string of the molecule is CC(C(=O)Nc1ncc[nH]1)n1cccn1. The maximum atomic E-state index is 11.7. The average molecular weight is 205 g/mol. The molecule has 0 spiro atoms. The summed E-state index contributed by atoms with van der Waals surface area (Å²) in [5, 5.41) is 6.64. The maximum Gasteiger partial charge on any atom is 0.251 e. The quantitative estimate of drug-likeness (QED) is 0.778. The van der Waals surface area contributed by atoms with Crippen LogP contribution in [0.4, 0.5) is 5.95 Å². The van der Waals surface area contributed by atoms with Gasteiger partial charge in [-0.2, -0.15) is 5.10 Å². The van der Waals surface area contributed by atoms with E-state index in [2.05, 4.69) is 20.4 Å². The van der Waals surface area contributed by atoms with E-state index >= 15 is 0 Å². The molecule has 0 saturated carbocycles. The van der Waals surface area contributed by atoms with Crippen LogP contribution in [0.5, 0.6) is 0 Å². The highest BCUT2D eigenvalue weighted by Crippen LogP contribution is 2.06. The predicted molar refractivity (Wildman–Crippen MR) is 54.2 cm³/mol. The fourth-order valence-corrected chi connectivity index (χ4v) is 1.18. The summed E-state index contributed by atoms with van der Waals surface area (Å²) in [6.45, 7) is 1.77. The normalized spacial score (nSPS) is 12.3. The van der Waals surface area contributed by atoms with Gasteiger partial charge in [0.25, 0.3) is 5.91 Å². The Hall–Kier alpha value is -2.11. The zero-order valence-corrected chi connectivity index (χ0v) is 8.21. The lowest BCUT2D eigenvalue weighted by atomic mass is 10.3. The number of H-pyrrole nitrogens is 1. The van der Waals surface area contributed by atoms with Gasteiger partial charge in [-0.15, -0.1) is 0 Å². The second kappa shape index (κ2) is 3.95. The molecular formula is C9H11N5O. The molecule has 6 heteroatoms. The van der Waals surface area contributed by atoms with Crippen LogP contribution in [-0.4, -0.2) is 25.7 Å². The Labute approximate surface area is 86.3 Å². The molecule has 0 aromatic carbocycles. The number of carbonyl (C=O) groups is 1. The molecule has 0 saturated heterocycles. The van der Waals surface area contributed by atoms with Gasteiger partial charge in [0.05, 0.1) is 0 Å². The third-order valence-corrected chi connectivity index (χ3v) is 2.04. The molecule has 6 nitrogen and oxygen atoms in total. The molecule has 2 aromatic heterocycles. The Morgan fingerprint density at radius 1 is 1.60 bits per heavy atom. The van der Waals surface area contributed by atoms with Crippen LogP contribution in [0.2, 0.25) is 0 Å². The number of rotatable bonds is 3. The van der Waals surface area contributed by atoms with Gasteiger partial charge in [-0.3, -0.25) is 14.8 Å². The van der Waals surface area contributed by atoms with Crippen molar-refractivity contribution in [3.8, 4) is 0 Å². The number of aromatic nitrogens is 4. The van der Waals surface area contributed by atoms with Crippen molar-refractivity contribution >= 4 is 11.9 Å². The molecule has 1 unspecified atom stereocenters. The van der Waals surface area contributed by atoms with Crippen molar-refractivity contribution in [2.75, 3.05) is 5.32 Å². The second-order valence-corrected chi connectivity index (χ2v) is 3.09. The highest BCUT2D eigenvalue weighted by atomic mass is 16.2. The molecule has 78 valence electrons. The lowest BCUT2D eigenvalue weighted by molar-refractivity contribution is -0.119. The van der Waals surface area contributed by atoms with Crippen LogP contribution in [0, 0.1) is 0 Å². The van der Waals surface area contributed by atoms with Gasteiger partial charge in [-0.05, 0) is 13.0 Å². The van der Waals surface area contributed by atoms with Crippen LogP contribution in [0.1, 0.15) is 13.0 Å². The third-order valence-electron chi connectivity index (χ3n) is 2.04. The zero-order chi connectivity index (χ0) is 10.7. The first-order valence-corrected chi connectivity index (χ1v) is 4.57. The molecule has 1 atom stereocenters. The summed E-state index contributed by atoms with van der Waals surface area (Å²) in [6.07, 6.45) is 6.60. The molecule has 0 aliphatic heterocycles. The molecule has 2 N–H and O–H groups in total. The number of imidazole rings is 1. The van der Waals surface area contributed by atoms with Gasteiger partial charge in [-0.1, -0.05) is 0 Å². The van der Waals surface area contributed by atoms with Crippen molar-refractivity contribution in [3.63, 3.8) is 0 Å². The van der Waals surface area contributed by atoms with Crippen LogP contribution in [-0.2, 0) is 4.79 Å². The summed E-state index contributed by atoms with van der Waals surface area (Å²) in [4.78, 5) is 18.4. The van der Waals surface area contributed by atoms with E-state index in [1.807, 2.05) is 0 Å². The monoisotopic (exact) mass is 205 g/mol. The van der Waals surface area contributed by atoms with Crippen LogP contribution >= 0.6 is 0 Å². The Morgan fingerprint density at radius 2 is 2.47 bits per heavy atom. The number of anilines is 1. The van der Waals surface area contributed by atoms with Gasteiger partial charge >= 0.3 is 0 Å². The van der Waals surface area contributed by atoms with E-state index < -0.39 is 0 Å². The molecule has 0 bridgehead atoms. The zero-order valence-electron chi connectivity index (χ0n) is 8.21. The van der Waals surface area contributed by atoms with Crippen LogP contribution in [0.15, 0.2) is 30.9 Å². The number of carbonyl (C=O) groups excluding carboxylic acids is 1. The molecule has 0 fully saturated rings. The molecule has 15 heavy (non-hydrogen) atoms. The van der Waals surface area contributed by atoms with Gasteiger partial charge < -0.3 is 4.98 Å². The number of amides is 1. The molecule has 2 heterocycles. The van der Waals surface area contributed by atoms with Gasteiger partial charge in [0.2, 0.25) is 5.95 Å². The van der Waals surface area contributed by atoms with E-state index in [-0.39, 0.29) is 11.9 Å². The van der Waals surface area contributed by atoms with Crippen molar-refractivity contribution < 1.29 is 4.79 Å². The Morgan fingerprint density at radius 3 is 3.07 bits per heavy atom.